The third-order valence-corrected chi connectivity index (χ3v) is 8.41. The van der Waals surface area contributed by atoms with E-state index in [1.54, 1.807) is 11.1 Å². The summed E-state index contributed by atoms with van der Waals surface area (Å²) in [5.41, 5.74) is 3.40. The Morgan fingerprint density at radius 1 is 1.04 bits per heavy atom. The molecule has 3 atom stereocenters. The van der Waals surface area contributed by atoms with Crippen molar-refractivity contribution in [1.82, 2.24) is 0 Å². The van der Waals surface area contributed by atoms with Crippen LogP contribution in [0.1, 0.15) is 79.1 Å². The molecule has 2 fully saturated rings. The summed E-state index contributed by atoms with van der Waals surface area (Å²) in [5.74, 6) is 0.184. The Labute approximate surface area is 152 Å². The first-order chi connectivity index (χ1) is 11.8. The molecular weight excluding hydrogens is 312 g/mol. The van der Waals surface area contributed by atoms with Crippen molar-refractivity contribution in [2.24, 2.45) is 22.2 Å². The monoisotopic (exact) mass is 346 g/mol. The first kappa shape index (κ1) is 17.7. The van der Waals surface area contributed by atoms with Gasteiger partial charge in [0.1, 0.15) is 6.29 Å². The molecule has 0 radical (unpaired) electrons. The molecule has 3 unspecified atom stereocenters. The largest absolute Gasteiger partial charge is 0.347 e. The summed E-state index contributed by atoms with van der Waals surface area (Å²) < 4.78 is 12.0. The van der Waals surface area contributed by atoms with Crippen LogP contribution in [-0.2, 0) is 14.3 Å². The van der Waals surface area contributed by atoms with Crippen LogP contribution >= 0.6 is 0 Å². The van der Waals surface area contributed by atoms with Crippen LogP contribution in [0.3, 0.4) is 0 Å². The Morgan fingerprint density at radius 2 is 1.76 bits per heavy atom. The maximum atomic E-state index is 12.5. The van der Waals surface area contributed by atoms with Crippen molar-refractivity contribution in [2.75, 3.05) is 13.2 Å². The average molecular weight is 347 g/mol. The zero-order valence-electron chi connectivity index (χ0n) is 16.5. The minimum absolute atomic E-state index is 0.00713. The van der Waals surface area contributed by atoms with E-state index in [1.165, 1.54) is 25.5 Å². The molecule has 0 amide bonds. The summed E-state index contributed by atoms with van der Waals surface area (Å²) in [7, 11) is 0. The third kappa shape index (κ3) is 2.34. The van der Waals surface area contributed by atoms with E-state index in [1.807, 2.05) is 0 Å². The van der Waals surface area contributed by atoms with Gasteiger partial charge in [-0.3, -0.25) is 0 Å². The molecule has 3 nitrogen and oxygen atoms in total. The van der Waals surface area contributed by atoms with Crippen molar-refractivity contribution in [1.29, 1.82) is 0 Å². The number of hydrogen-bond donors (Lipinski definition) is 0. The van der Waals surface area contributed by atoms with Gasteiger partial charge in [0.05, 0.1) is 13.2 Å². The Kier molecular flexibility index (Phi) is 4.01. The van der Waals surface area contributed by atoms with Crippen molar-refractivity contribution in [3.8, 4) is 0 Å². The molecular formula is C22H34O3. The second-order valence-corrected chi connectivity index (χ2v) is 9.84. The van der Waals surface area contributed by atoms with E-state index in [9.17, 15) is 4.79 Å². The normalized spacial score (nSPS) is 42.2. The van der Waals surface area contributed by atoms with Crippen LogP contribution in [0.2, 0.25) is 0 Å². The predicted octanol–water partition coefficient (Wildman–Crippen LogP) is 5.04. The topological polar surface area (TPSA) is 35.5 Å². The zero-order valence-corrected chi connectivity index (χ0v) is 16.5. The molecule has 0 aromatic carbocycles. The number of rotatable bonds is 2. The lowest BCUT2D eigenvalue weighted by Crippen LogP contribution is -2.56. The molecule has 25 heavy (non-hydrogen) atoms. The summed E-state index contributed by atoms with van der Waals surface area (Å²) in [6, 6.07) is 0. The Hall–Kier alpha value is -0.670. The zero-order chi connectivity index (χ0) is 17.9. The molecule has 0 aromatic rings. The van der Waals surface area contributed by atoms with Crippen molar-refractivity contribution >= 4 is 6.29 Å². The second kappa shape index (κ2) is 5.66. The molecule has 0 aromatic heterocycles. The van der Waals surface area contributed by atoms with Crippen molar-refractivity contribution in [3.63, 3.8) is 0 Å². The number of fused-ring (bicyclic) bond motifs is 2. The van der Waals surface area contributed by atoms with Gasteiger partial charge in [0.2, 0.25) is 0 Å². The number of aldehydes is 1. The van der Waals surface area contributed by atoms with Crippen LogP contribution in [0, 0.1) is 22.2 Å². The average Bonchev–Trinajstić information content (AvgIpc) is 3.03. The van der Waals surface area contributed by atoms with Crippen molar-refractivity contribution < 1.29 is 14.3 Å². The van der Waals surface area contributed by atoms with Gasteiger partial charge >= 0.3 is 0 Å². The highest BCUT2D eigenvalue weighted by Gasteiger charge is 2.62. The fraction of sp³-hybridized carbons (Fsp3) is 0.864. The SMILES string of the molecule is CCC1C2=C(CCC1(C)C)C1(C)CCC3(CC1(C=O)CC2)OCCO3. The van der Waals surface area contributed by atoms with Gasteiger partial charge in [-0.05, 0) is 49.9 Å². The summed E-state index contributed by atoms with van der Waals surface area (Å²) >= 11 is 0. The van der Waals surface area contributed by atoms with Crippen LogP contribution in [0.25, 0.3) is 0 Å². The molecule has 0 N–H and O–H groups in total. The van der Waals surface area contributed by atoms with Crippen molar-refractivity contribution in [3.05, 3.63) is 11.1 Å². The Morgan fingerprint density at radius 3 is 2.40 bits per heavy atom. The lowest BCUT2D eigenvalue weighted by Gasteiger charge is -2.60. The summed E-state index contributed by atoms with van der Waals surface area (Å²) in [5, 5.41) is 0. The Balaban J connectivity index is 1.77. The van der Waals surface area contributed by atoms with Crippen LogP contribution in [0.5, 0.6) is 0 Å². The van der Waals surface area contributed by atoms with Gasteiger partial charge in [-0.2, -0.15) is 0 Å². The standard InChI is InChI=1S/C22H34O3/c1-5-17-16-6-9-21(15-23)14-22(24-12-13-25-22)11-10-20(21,4)18(16)7-8-19(17,2)3/h15,17H,5-14H2,1-4H3. The maximum Gasteiger partial charge on any atom is 0.169 e. The van der Waals surface area contributed by atoms with E-state index in [4.69, 9.17) is 9.47 Å². The predicted molar refractivity (Wildman–Crippen MR) is 98.1 cm³/mol. The molecule has 1 heterocycles. The molecule has 4 rings (SSSR count). The first-order valence-corrected chi connectivity index (χ1v) is 10.3. The maximum absolute atomic E-state index is 12.5. The molecule has 1 aliphatic heterocycles. The van der Waals surface area contributed by atoms with E-state index in [-0.39, 0.29) is 10.8 Å². The van der Waals surface area contributed by atoms with Gasteiger partial charge in [0.25, 0.3) is 0 Å². The van der Waals surface area contributed by atoms with Gasteiger partial charge in [0.15, 0.2) is 5.79 Å². The smallest absolute Gasteiger partial charge is 0.169 e. The third-order valence-electron chi connectivity index (χ3n) is 8.41. The van der Waals surface area contributed by atoms with E-state index < -0.39 is 5.79 Å². The summed E-state index contributed by atoms with van der Waals surface area (Å²) in [6.07, 6.45) is 9.64. The molecule has 1 saturated carbocycles. The molecule has 3 aliphatic carbocycles. The lowest BCUT2D eigenvalue weighted by molar-refractivity contribution is -0.223. The number of carbonyl (C=O) groups is 1. The van der Waals surface area contributed by atoms with Gasteiger partial charge in [0, 0.05) is 23.7 Å². The summed E-state index contributed by atoms with van der Waals surface area (Å²) in [6.45, 7) is 10.9. The minimum Gasteiger partial charge on any atom is -0.347 e. The van der Waals surface area contributed by atoms with Crippen LogP contribution in [0.4, 0.5) is 0 Å². The lowest BCUT2D eigenvalue weighted by atomic mass is 9.45. The first-order valence-electron chi connectivity index (χ1n) is 10.3. The molecule has 4 aliphatic rings. The van der Waals surface area contributed by atoms with Crippen LogP contribution in [-0.4, -0.2) is 25.3 Å². The molecule has 0 bridgehead atoms. The van der Waals surface area contributed by atoms with E-state index in [2.05, 4.69) is 27.7 Å². The highest BCUT2D eigenvalue weighted by atomic mass is 16.7. The fourth-order valence-electron chi connectivity index (χ4n) is 6.82. The van der Waals surface area contributed by atoms with Gasteiger partial charge in [-0.25, -0.2) is 0 Å². The number of carbonyl (C=O) groups excluding carboxylic acids is 1. The molecule has 140 valence electrons. The second-order valence-electron chi connectivity index (χ2n) is 9.84. The van der Waals surface area contributed by atoms with Gasteiger partial charge in [-0.1, -0.05) is 38.8 Å². The van der Waals surface area contributed by atoms with E-state index in [0.717, 1.165) is 32.1 Å². The van der Waals surface area contributed by atoms with Crippen molar-refractivity contribution in [2.45, 2.75) is 84.8 Å². The minimum atomic E-state index is -0.490. The molecule has 3 heteroatoms. The Bertz CT molecular complexity index is 598. The number of allylic oxidation sites excluding steroid dienone is 2. The highest BCUT2D eigenvalue weighted by Crippen LogP contribution is 2.66. The molecule has 1 spiro atoms. The fourth-order valence-corrected chi connectivity index (χ4v) is 6.82. The van der Waals surface area contributed by atoms with E-state index in [0.29, 0.717) is 24.5 Å². The van der Waals surface area contributed by atoms with Gasteiger partial charge < -0.3 is 14.3 Å². The van der Waals surface area contributed by atoms with Crippen LogP contribution in [0.15, 0.2) is 11.1 Å². The highest BCUT2D eigenvalue weighted by molar-refractivity contribution is 5.65. The quantitative estimate of drug-likeness (QED) is 0.519. The number of hydrogen-bond acceptors (Lipinski definition) is 3. The van der Waals surface area contributed by atoms with Crippen LogP contribution < -0.4 is 0 Å². The summed E-state index contributed by atoms with van der Waals surface area (Å²) in [4.78, 5) is 12.5. The molecule has 1 saturated heterocycles. The van der Waals surface area contributed by atoms with E-state index >= 15 is 0 Å². The number of ether oxygens (including phenoxy) is 2. The van der Waals surface area contributed by atoms with Gasteiger partial charge in [-0.15, -0.1) is 0 Å².